The molecule has 0 aliphatic heterocycles. The lowest BCUT2D eigenvalue weighted by molar-refractivity contribution is 0.770. The second-order valence-corrected chi connectivity index (χ2v) is 5.99. The summed E-state index contributed by atoms with van der Waals surface area (Å²) in [6.07, 6.45) is 1.76. The molecule has 0 atom stereocenters. The van der Waals surface area contributed by atoms with E-state index in [2.05, 4.69) is 25.9 Å². The van der Waals surface area contributed by atoms with E-state index in [0.29, 0.717) is 12.4 Å². The molecule has 0 spiro atoms. The zero-order chi connectivity index (χ0) is 14.1. The van der Waals surface area contributed by atoms with Crippen molar-refractivity contribution in [1.29, 1.82) is 0 Å². The molecule has 6 heteroatoms. The van der Waals surface area contributed by atoms with Crippen LogP contribution in [0.4, 0.5) is 0 Å². The minimum atomic E-state index is 0.342. The largest absolute Gasteiger partial charge is 0.307 e. The summed E-state index contributed by atoms with van der Waals surface area (Å²) in [5.41, 5.74) is 2.74. The quantitative estimate of drug-likeness (QED) is 0.629. The highest BCUT2D eigenvalue weighted by Gasteiger charge is 2.12. The molecule has 20 heavy (non-hydrogen) atoms. The van der Waals surface area contributed by atoms with Crippen molar-refractivity contribution in [2.24, 2.45) is 0 Å². The van der Waals surface area contributed by atoms with Crippen LogP contribution in [0.25, 0.3) is 11.2 Å². The van der Waals surface area contributed by atoms with E-state index in [1.807, 2.05) is 34.9 Å². The SMILES string of the molecule is ClCc1nc2cc(Br)cnc2n1Cc1cccc(Cl)c1. The maximum atomic E-state index is 6.02. The molecule has 1 aromatic carbocycles. The average Bonchev–Trinajstić information content (AvgIpc) is 2.76. The molecule has 0 amide bonds. The van der Waals surface area contributed by atoms with Crippen LogP contribution in [0.15, 0.2) is 41.0 Å². The van der Waals surface area contributed by atoms with Gasteiger partial charge in [-0.3, -0.25) is 0 Å². The van der Waals surface area contributed by atoms with Gasteiger partial charge in [0.05, 0.1) is 12.4 Å². The lowest BCUT2D eigenvalue weighted by Crippen LogP contribution is -2.04. The average molecular weight is 371 g/mol. The van der Waals surface area contributed by atoms with Gasteiger partial charge in [0.25, 0.3) is 0 Å². The Morgan fingerprint density at radius 2 is 2.10 bits per heavy atom. The number of hydrogen-bond acceptors (Lipinski definition) is 2. The van der Waals surface area contributed by atoms with Crippen molar-refractivity contribution >= 4 is 50.3 Å². The summed E-state index contributed by atoms with van der Waals surface area (Å²) < 4.78 is 2.92. The van der Waals surface area contributed by atoms with Gasteiger partial charge in [0.2, 0.25) is 0 Å². The van der Waals surface area contributed by atoms with Crippen LogP contribution >= 0.6 is 39.1 Å². The van der Waals surface area contributed by atoms with E-state index in [0.717, 1.165) is 32.0 Å². The van der Waals surface area contributed by atoms with E-state index in [1.54, 1.807) is 6.20 Å². The first kappa shape index (κ1) is 13.9. The number of aromatic nitrogens is 3. The summed E-state index contributed by atoms with van der Waals surface area (Å²) in [4.78, 5) is 8.95. The number of hydrogen-bond donors (Lipinski definition) is 0. The van der Waals surface area contributed by atoms with Crippen LogP contribution in [-0.4, -0.2) is 14.5 Å². The lowest BCUT2D eigenvalue weighted by Gasteiger charge is -2.07. The summed E-state index contributed by atoms with van der Waals surface area (Å²) in [5, 5.41) is 0.718. The van der Waals surface area contributed by atoms with E-state index in [-0.39, 0.29) is 0 Å². The highest BCUT2D eigenvalue weighted by Crippen LogP contribution is 2.21. The van der Waals surface area contributed by atoms with Gasteiger partial charge in [-0.15, -0.1) is 11.6 Å². The third-order valence-electron chi connectivity index (χ3n) is 2.98. The van der Waals surface area contributed by atoms with Crippen molar-refractivity contribution in [2.45, 2.75) is 12.4 Å². The van der Waals surface area contributed by atoms with Crippen molar-refractivity contribution in [3.63, 3.8) is 0 Å². The Labute approximate surface area is 134 Å². The number of halogens is 3. The standard InChI is InChI=1S/C14H10BrCl2N3/c15-10-5-12-14(18-7-10)20(13(6-16)19-12)8-9-2-1-3-11(17)4-9/h1-5,7H,6,8H2. The van der Waals surface area contributed by atoms with Crippen molar-refractivity contribution < 1.29 is 0 Å². The van der Waals surface area contributed by atoms with Gasteiger partial charge in [0.15, 0.2) is 5.65 Å². The van der Waals surface area contributed by atoms with Crippen molar-refractivity contribution in [3.05, 3.63) is 57.4 Å². The first-order valence-corrected chi connectivity index (χ1v) is 7.69. The first-order chi connectivity index (χ1) is 9.67. The van der Waals surface area contributed by atoms with Crippen molar-refractivity contribution in [2.75, 3.05) is 0 Å². The molecule has 3 aromatic rings. The molecule has 0 radical (unpaired) electrons. The van der Waals surface area contributed by atoms with Gasteiger partial charge in [0, 0.05) is 15.7 Å². The van der Waals surface area contributed by atoms with Gasteiger partial charge in [-0.2, -0.15) is 0 Å². The summed E-state index contributed by atoms with van der Waals surface area (Å²) in [5.74, 6) is 1.14. The van der Waals surface area contributed by atoms with E-state index in [1.165, 1.54) is 0 Å². The molecule has 2 aromatic heterocycles. The number of alkyl halides is 1. The molecule has 0 bridgehead atoms. The fourth-order valence-corrected chi connectivity index (χ4v) is 2.86. The van der Waals surface area contributed by atoms with Crippen LogP contribution in [-0.2, 0) is 12.4 Å². The highest BCUT2D eigenvalue weighted by molar-refractivity contribution is 9.10. The maximum Gasteiger partial charge on any atom is 0.160 e. The predicted molar refractivity (Wildman–Crippen MR) is 85.3 cm³/mol. The molecular formula is C14H10BrCl2N3. The lowest BCUT2D eigenvalue weighted by atomic mass is 10.2. The summed E-state index contributed by atoms with van der Waals surface area (Å²) in [7, 11) is 0. The maximum absolute atomic E-state index is 6.02. The van der Waals surface area contributed by atoms with Gasteiger partial charge in [-0.05, 0) is 39.7 Å². The molecule has 0 fully saturated rings. The van der Waals surface area contributed by atoms with Crippen LogP contribution in [0, 0.1) is 0 Å². The topological polar surface area (TPSA) is 30.7 Å². The molecule has 0 aliphatic rings. The highest BCUT2D eigenvalue weighted by atomic mass is 79.9. The second-order valence-electron chi connectivity index (χ2n) is 4.37. The third kappa shape index (κ3) is 2.68. The van der Waals surface area contributed by atoms with E-state index < -0.39 is 0 Å². The van der Waals surface area contributed by atoms with Crippen LogP contribution in [0.2, 0.25) is 5.02 Å². The van der Waals surface area contributed by atoms with Crippen LogP contribution in [0.3, 0.4) is 0 Å². The monoisotopic (exact) mass is 369 g/mol. The van der Waals surface area contributed by atoms with E-state index in [4.69, 9.17) is 23.2 Å². The summed E-state index contributed by atoms with van der Waals surface area (Å²) in [6.45, 7) is 0.647. The first-order valence-electron chi connectivity index (χ1n) is 5.98. The number of nitrogens with zero attached hydrogens (tertiary/aromatic N) is 3. The Bertz CT molecular complexity index is 770. The molecule has 0 saturated carbocycles. The Morgan fingerprint density at radius 3 is 2.85 bits per heavy atom. The number of pyridine rings is 1. The number of rotatable bonds is 3. The summed E-state index contributed by atoms with van der Waals surface area (Å²) in [6, 6.07) is 9.68. The van der Waals surface area contributed by atoms with Gasteiger partial charge < -0.3 is 4.57 Å². The fourth-order valence-electron chi connectivity index (χ4n) is 2.12. The minimum Gasteiger partial charge on any atom is -0.307 e. The number of fused-ring (bicyclic) bond motifs is 1. The molecule has 0 N–H and O–H groups in total. The third-order valence-corrected chi connectivity index (χ3v) is 3.89. The molecule has 2 heterocycles. The Hall–Kier alpha value is -1.10. The van der Waals surface area contributed by atoms with E-state index >= 15 is 0 Å². The molecule has 102 valence electrons. The van der Waals surface area contributed by atoms with Gasteiger partial charge in [-0.25, -0.2) is 9.97 Å². The molecule has 0 unspecified atom stereocenters. The molecular weight excluding hydrogens is 361 g/mol. The smallest absolute Gasteiger partial charge is 0.160 e. The second kappa shape index (κ2) is 5.72. The Kier molecular flexibility index (Phi) is 3.96. The zero-order valence-corrected chi connectivity index (χ0v) is 13.5. The molecule has 0 aliphatic carbocycles. The zero-order valence-electron chi connectivity index (χ0n) is 10.4. The number of imidazole rings is 1. The predicted octanol–water partition coefficient (Wildman–Crippen LogP) is 4.63. The van der Waals surface area contributed by atoms with Gasteiger partial charge in [0.1, 0.15) is 11.3 Å². The Morgan fingerprint density at radius 1 is 1.25 bits per heavy atom. The number of benzene rings is 1. The molecule has 3 rings (SSSR count). The van der Waals surface area contributed by atoms with Crippen LogP contribution < -0.4 is 0 Å². The van der Waals surface area contributed by atoms with Crippen LogP contribution in [0.5, 0.6) is 0 Å². The normalized spacial score (nSPS) is 11.2. The van der Waals surface area contributed by atoms with Crippen molar-refractivity contribution in [3.8, 4) is 0 Å². The van der Waals surface area contributed by atoms with Crippen molar-refractivity contribution in [1.82, 2.24) is 14.5 Å². The van der Waals surface area contributed by atoms with E-state index in [9.17, 15) is 0 Å². The summed E-state index contributed by atoms with van der Waals surface area (Å²) >= 11 is 15.4. The molecule has 3 nitrogen and oxygen atoms in total. The minimum absolute atomic E-state index is 0.342. The van der Waals surface area contributed by atoms with Crippen LogP contribution in [0.1, 0.15) is 11.4 Å². The van der Waals surface area contributed by atoms with Gasteiger partial charge >= 0.3 is 0 Å². The fraction of sp³-hybridized carbons (Fsp3) is 0.143. The van der Waals surface area contributed by atoms with Gasteiger partial charge in [-0.1, -0.05) is 23.7 Å². The molecule has 0 saturated heterocycles. The Balaban J connectivity index is 2.10.